The maximum Gasteiger partial charge on any atom is -0.0135 e. The average Bonchev–Trinajstić information content (AvgIpc) is 1.79. The zero-order chi connectivity index (χ0) is 9.07. The number of thiol groups is 1. The fraction of sp³-hybridized carbons (Fsp3) is 0.600. The SMILES string of the molecule is C/C=C(\C=C(/C)S)C(C)(C)C. The molecule has 0 saturated carbocycles. The van der Waals surface area contributed by atoms with Crippen molar-refractivity contribution in [3.63, 3.8) is 0 Å². The topological polar surface area (TPSA) is 0 Å². The molecule has 0 radical (unpaired) electrons. The van der Waals surface area contributed by atoms with Gasteiger partial charge in [-0.2, -0.15) is 0 Å². The van der Waals surface area contributed by atoms with Crippen molar-refractivity contribution < 1.29 is 0 Å². The molecule has 0 aliphatic rings. The van der Waals surface area contributed by atoms with Crippen LogP contribution in [0.4, 0.5) is 0 Å². The van der Waals surface area contributed by atoms with Gasteiger partial charge >= 0.3 is 0 Å². The zero-order valence-corrected chi connectivity index (χ0v) is 9.00. The molecule has 0 atom stereocenters. The normalized spacial score (nSPS) is 15.5. The van der Waals surface area contributed by atoms with Gasteiger partial charge in [0.25, 0.3) is 0 Å². The van der Waals surface area contributed by atoms with Gasteiger partial charge < -0.3 is 0 Å². The number of hydrogen-bond acceptors (Lipinski definition) is 1. The van der Waals surface area contributed by atoms with Crippen LogP contribution in [0.5, 0.6) is 0 Å². The molecule has 0 fully saturated rings. The highest BCUT2D eigenvalue weighted by atomic mass is 32.1. The van der Waals surface area contributed by atoms with Crippen molar-refractivity contribution in [1.82, 2.24) is 0 Å². The van der Waals surface area contributed by atoms with Gasteiger partial charge in [-0.15, -0.1) is 12.6 Å². The highest BCUT2D eigenvalue weighted by Crippen LogP contribution is 2.27. The first-order valence-corrected chi connectivity index (χ1v) is 4.36. The second-order valence-corrected chi connectivity index (χ2v) is 4.49. The minimum absolute atomic E-state index is 0.235. The van der Waals surface area contributed by atoms with Crippen LogP contribution in [0.3, 0.4) is 0 Å². The number of hydrogen-bond donors (Lipinski definition) is 1. The lowest BCUT2D eigenvalue weighted by molar-refractivity contribution is 0.516. The van der Waals surface area contributed by atoms with E-state index in [0.717, 1.165) is 4.91 Å². The molecule has 0 spiro atoms. The third-order valence-electron chi connectivity index (χ3n) is 1.54. The molecular formula is C10H18S. The van der Waals surface area contributed by atoms with Gasteiger partial charge in [0, 0.05) is 0 Å². The Morgan fingerprint density at radius 1 is 1.27 bits per heavy atom. The van der Waals surface area contributed by atoms with E-state index in [2.05, 4.69) is 52.5 Å². The van der Waals surface area contributed by atoms with Gasteiger partial charge in [-0.3, -0.25) is 0 Å². The summed E-state index contributed by atoms with van der Waals surface area (Å²) in [7, 11) is 0. The summed E-state index contributed by atoms with van der Waals surface area (Å²) >= 11 is 4.24. The van der Waals surface area contributed by atoms with E-state index in [1.165, 1.54) is 5.57 Å². The molecule has 0 aliphatic heterocycles. The van der Waals surface area contributed by atoms with Crippen LogP contribution < -0.4 is 0 Å². The second kappa shape index (κ2) is 4.01. The van der Waals surface area contributed by atoms with Gasteiger partial charge in [0.1, 0.15) is 0 Å². The Hall–Kier alpha value is -0.170. The van der Waals surface area contributed by atoms with E-state index in [-0.39, 0.29) is 5.41 Å². The molecule has 0 aromatic rings. The smallest absolute Gasteiger partial charge is 0.0135 e. The molecule has 0 aliphatic carbocycles. The summed E-state index contributed by atoms with van der Waals surface area (Å²) in [5.41, 5.74) is 1.57. The molecule has 64 valence electrons. The van der Waals surface area contributed by atoms with Gasteiger partial charge in [0.2, 0.25) is 0 Å². The standard InChI is InChI=1S/C10H18S/c1-6-9(7-8(2)11)10(3,4)5/h6-7,11H,1-5H3/b8-7+,9-6+. The van der Waals surface area contributed by atoms with E-state index in [1.807, 2.05) is 6.92 Å². The summed E-state index contributed by atoms with van der Waals surface area (Å²) in [6, 6.07) is 0. The Kier molecular flexibility index (Phi) is 3.95. The zero-order valence-electron chi connectivity index (χ0n) is 8.10. The van der Waals surface area contributed by atoms with E-state index >= 15 is 0 Å². The van der Waals surface area contributed by atoms with Crippen molar-refractivity contribution in [3.05, 3.63) is 22.6 Å². The van der Waals surface area contributed by atoms with E-state index in [0.29, 0.717) is 0 Å². The fourth-order valence-electron chi connectivity index (χ4n) is 0.958. The van der Waals surface area contributed by atoms with E-state index < -0.39 is 0 Å². The lowest BCUT2D eigenvalue weighted by Crippen LogP contribution is -2.07. The monoisotopic (exact) mass is 170 g/mol. The molecule has 0 bridgehead atoms. The maximum atomic E-state index is 4.24. The molecule has 0 rings (SSSR count). The third kappa shape index (κ3) is 4.31. The van der Waals surface area contributed by atoms with E-state index in [4.69, 9.17) is 0 Å². The fourth-order valence-corrected chi connectivity index (χ4v) is 1.10. The van der Waals surface area contributed by atoms with Crippen LogP contribution in [0.1, 0.15) is 34.6 Å². The summed E-state index contributed by atoms with van der Waals surface area (Å²) < 4.78 is 0. The van der Waals surface area contributed by atoms with Crippen molar-refractivity contribution in [3.8, 4) is 0 Å². The molecule has 0 aromatic heterocycles. The molecule has 0 unspecified atom stereocenters. The van der Waals surface area contributed by atoms with Gasteiger partial charge in [-0.1, -0.05) is 26.8 Å². The highest BCUT2D eigenvalue weighted by molar-refractivity contribution is 7.84. The summed E-state index contributed by atoms with van der Waals surface area (Å²) in [6.45, 7) is 10.7. The lowest BCUT2D eigenvalue weighted by atomic mass is 9.86. The summed E-state index contributed by atoms with van der Waals surface area (Å²) in [4.78, 5) is 1.06. The van der Waals surface area contributed by atoms with Crippen molar-refractivity contribution >= 4 is 12.6 Å². The first-order valence-electron chi connectivity index (χ1n) is 3.92. The Morgan fingerprint density at radius 2 is 1.73 bits per heavy atom. The molecule has 0 heterocycles. The van der Waals surface area contributed by atoms with Gasteiger partial charge in [-0.05, 0) is 35.8 Å². The average molecular weight is 170 g/mol. The predicted molar refractivity (Wildman–Crippen MR) is 56.0 cm³/mol. The molecule has 0 saturated heterocycles. The number of allylic oxidation sites excluding steroid dienone is 4. The first-order chi connectivity index (χ1) is 4.88. The Labute approximate surface area is 75.8 Å². The molecule has 0 nitrogen and oxygen atoms in total. The van der Waals surface area contributed by atoms with Gasteiger partial charge in [0.05, 0.1) is 0 Å². The van der Waals surface area contributed by atoms with Crippen LogP contribution >= 0.6 is 12.6 Å². The second-order valence-electron chi connectivity index (χ2n) is 3.78. The first kappa shape index (κ1) is 10.8. The van der Waals surface area contributed by atoms with Gasteiger partial charge in [0.15, 0.2) is 0 Å². The van der Waals surface area contributed by atoms with Crippen molar-refractivity contribution in [2.24, 2.45) is 5.41 Å². The van der Waals surface area contributed by atoms with Crippen LogP contribution in [-0.2, 0) is 0 Å². The van der Waals surface area contributed by atoms with Crippen LogP contribution in [0.2, 0.25) is 0 Å². The molecular weight excluding hydrogens is 152 g/mol. The Balaban J connectivity index is 4.60. The molecule has 1 heteroatoms. The van der Waals surface area contributed by atoms with Crippen LogP contribution in [0.15, 0.2) is 22.6 Å². The Morgan fingerprint density at radius 3 is 1.82 bits per heavy atom. The Bertz CT molecular complexity index is 176. The maximum absolute atomic E-state index is 4.24. The third-order valence-corrected chi connectivity index (χ3v) is 1.67. The molecule has 0 N–H and O–H groups in total. The predicted octanol–water partition coefficient (Wildman–Crippen LogP) is 3.81. The number of rotatable bonds is 1. The summed E-state index contributed by atoms with van der Waals surface area (Å²) in [6.07, 6.45) is 4.25. The van der Waals surface area contributed by atoms with Crippen LogP contribution in [-0.4, -0.2) is 0 Å². The largest absolute Gasteiger partial charge is 0.148 e. The minimum Gasteiger partial charge on any atom is -0.148 e. The van der Waals surface area contributed by atoms with E-state index in [9.17, 15) is 0 Å². The molecule has 0 aromatic carbocycles. The van der Waals surface area contributed by atoms with Gasteiger partial charge in [-0.25, -0.2) is 0 Å². The summed E-state index contributed by atoms with van der Waals surface area (Å²) in [5.74, 6) is 0. The highest BCUT2D eigenvalue weighted by Gasteiger charge is 2.13. The quantitative estimate of drug-likeness (QED) is 0.449. The van der Waals surface area contributed by atoms with Crippen molar-refractivity contribution in [2.45, 2.75) is 34.6 Å². The summed E-state index contributed by atoms with van der Waals surface area (Å²) in [5, 5.41) is 0. The van der Waals surface area contributed by atoms with Crippen molar-refractivity contribution in [1.29, 1.82) is 0 Å². The van der Waals surface area contributed by atoms with E-state index in [1.54, 1.807) is 0 Å². The minimum atomic E-state index is 0.235. The van der Waals surface area contributed by atoms with Crippen LogP contribution in [0, 0.1) is 5.41 Å². The molecule has 0 amide bonds. The van der Waals surface area contributed by atoms with Crippen molar-refractivity contribution in [2.75, 3.05) is 0 Å². The molecule has 11 heavy (non-hydrogen) atoms. The lowest BCUT2D eigenvalue weighted by Gasteiger charge is -2.20. The van der Waals surface area contributed by atoms with Crippen LogP contribution in [0.25, 0.3) is 0 Å².